The van der Waals surface area contributed by atoms with Gasteiger partial charge in [-0.2, -0.15) is 0 Å². The van der Waals surface area contributed by atoms with Gasteiger partial charge in [0.2, 0.25) is 0 Å². The predicted octanol–water partition coefficient (Wildman–Crippen LogP) is 3.14. The van der Waals surface area contributed by atoms with Gasteiger partial charge in [0.15, 0.2) is 0 Å². The van der Waals surface area contributed by atoms with Crippen molar-refractivity contribution in [3.8, 4) is 5.75 Å². The molecule has 112 valence electrons. The van der Waals surface area contributed by atoms with Crippen molar-refractivity contribution in [2.75, 3.05) is 13.7 Å². The molecule has 21 heavy (non-hydrogen) atoms. The van der Waals surface area contributed by atoms with E-state index >= 15 is 0 Å². The summed E-state index contributed by atoms with van der Waals surface area (Å²) >= 11 is 0. The maximum Gasteiger partial charge on any atom is 0.137 e. The van der Waals surface area contributed by atoms with Crippen molar-refractivity contribution in [3.63, 3.8) is 0 Å². The molecule has 0 fully saturated rings. The summed E-state index contributed by atoms with van der Waals surface area (Å²) in [5.41, 5.74) is 3.59. The lowest BCUT2D eigenvalue weighted by atomic mass is 9.96. The average Bonchev–Trinajstić information content (AvgIpc) is 2.54. The Morgan fingerprint density at radius 2 is 2.05 bits per heavy atom. The van der Waals surface area contributed by atoms with E-state index in [4.69, 9.17) is 4.74 Å². The smallest absolute Gasteiger partial charge is 0.137 e. The fourth-order valence-corrected chi connectivity index (χ4v) is 2.41. The van der Waals surface area contributed by atoms with E-state index < -0.39 is 0 Å². The van der Waals surface area contributed by atoms with Gasteiger partial charge in [0.05, 0.1) is 18.8 Å². The molecular weight excluding hydrogens is 262 g/mol. The van der Waals surface area contributed by atoms with Crippen LogP contribution in [0.2, 0.25) is 0 Å². The van der Waals surface area contributed by atoms with Crippen molar-refractivity contribution in [1.82, 2.24) is 15.3 Å². The number of nitrogens with one attached hydrogen (secondary N) is 1. The van der Waals surface area contributed by atoms with Crippen LogP contribution in [-0.2, 0) is 6.42 Å². The van der Waals surface area contributed by atoms with Crippen LogP contribution in [0.25, 0.3) is 0 Å². The topological polar surface area (TPSA) is 47.0 Å². The number of ether oxygens (including phenoxy) is 1. The van der Waals surface area contributed by atoms with Gasteiger partial charge >= 0.3 is 0 Å². The van der Waals surface area contributed by atoms with Gasteiger partial charge in [-0.1, -0.05) is 13.8 Å². The Bertz CT molecular complexity index is 571. The zero-order valence-corrected chi connectivity index (χ0v) is 13.0. The molecular formula is C17H23N3O. The second-order valence-electron chi connectivity index (χ2n) is 4.95. The highest BCUT2D eigenvalue weighted by Gasteiger charge is 2.16. The van der Waals surface area contributed by atoms with E-state index in [-0.39, 0.29) is 6.04 Å². The van der Waals surface area contributed by atoms with Crippen LogP contribution in [0.4, 0.5) is 0 Å². The van der Waals surface area contributed by atoms with Crippen molar-refractivity contribution in [1.29, 1.82) is 0 Å². The average molecular weight is 285 g/mol. The number of hydrogen-bond donors (Lipinski definition) is 1. The van der Waals surface area contributed by atoms with Crippen molar-refractivity contribution < 1.29 is 4.74 Å². The Morgan fingerprint density at radius 3 is 2.76 bits per heavy atom. The second-order valence-corrected chi connectivity index (χ2v) is 4.95. The van der Waals surface area contributed by atoms with E-state index in [1.54, 1.807) is 6.20 Å². The molecule has 2 aromatic heterocycles. The monoisotopic (exact) mass is 285 g/mol. The van der Waals surface area contributed by atoms with Gasteiger partial charge in [0, 0.05) is 18.6 Å². The maximum atomic E-state index is 5.68. The Morgan fingerprint density at radius 1 is 1.19 bits per heavy atom. The molecule has 2 rings (SSSR count). The van der Waals surface area contributed by atoms with Gasteiger partial charge in [-0.05, 0) is 48.7 Å². The molecule has 1 N–H and O–H groups in total. The third-order valence-electron chi connectivity index (χ3n) is 3.46. The van der Waals surface area contributed by atoms with Crippen LogP contribution >= 0.6 is 0 Å². The molecule has 0 spiro atoms. The normalized spacial score (nSPS) is 12.1. The molecule has 0 saturated heterocycles. The minimum Gasteiger partial charge on any atom is -0.492 e. The van der Waals surface area contributed by atoms with E-state index in [9.17, 15) is 0 Å². The van der Waals surface area contributed by atoms with E-state index in [2.05, 4.69) is 41.3 Å². The van der Waals surface area contributed by atoms with E-state index in [1.165, 1.54) is 11.1 Å². The maximum absolute atomic E-state index is 5.68. The highest BCUT2D eigenvalue weighted by molar-refractivity contribution is 5.37. The fraction of sp³-hybridized carbons (Fsp3) is 0.412. The number of aryl methyl sites for hydroxylation is 1. The Labute approximate surface area is 126 Å². The van der Waals surface area contributed by atoms with Gasteiger partial charge in [0.25, 0.3) is 0 Å². The first kappa shape index (κ1) is 15.4. The summed E-state index contributed by atoms with van der Waals surface area (Å²) in [5, 5.41) is 3.37. The Kier molecular flexibility index (Phi) is 5.69. The van der Waals surface area contributed by atoms with E-state index in [0.29, 0.717) is 6.61 Å². The number of pyridine rings is 2. The molecule has 0 aliphatic carbocycles. The number of rotatable bonds is 7. The van der Waals surface area contributed by atoms with Crippen molar-refractivity contribution in [3.05, 3.63) is 53.6 Å². The quantitative estimate of drug-likeness (QED) is 0.849. The molecule has 4 nitrogen and oxygen atoms in total. The first-order valence-corrected chi connectivity index (χ1v) is 7.47. The molecule has 1 unspecified atom stereocenters. The summed E-state index contributed by atoms with van der Waals surface area (Å²) in [6.07, 6.45) is 9.37. The van der Waals surface area contributed by atoms with E-state index in [1.807, 2.05) is 25.6 Å². The molecule has 0 aromatic carbocycles. The number of nitrogens with zero attached hydrogens (tertiary/aromatic N) is 2. The minimum atomic E-state index is 0.0978. The van der Waals surface area contributed by atoms with Gasteiger partial charge < -0.3 is 10.1 Å². The first-order valence-electron chi connectivity index (χ1n) is 7.47. The van der Waals surface area contributed by atoms with Gasteiger partial charge in [-0.25, -0.2) is 0 Å². The summed E-state index contributed by atoms with van der Waals surface area (Å²) in [7, 11) is 1.96. The zero-order chi connectivity index (χ0) is 15.1. The summed E-state index contributed by atoms with van der Waals surface area (Å²) in [5.74, 6) is 0.821. The van der Waals surface area contributed by atoms with Gasteiger partial charge in [-0.3, -0.25) is 9.97 Å². The number of hydrogen-bond acceptors (Lipinski definition) is 4. The zero-order valence-electron chi connectivity index (χ0n) is 13.0. The molecule has 4 heteroatoms. The standard InChI is InChI=1S/C17H23N3O/c1-4-8-21-15-9-14(11-20-12-15)17(18-3)16-6-7-19-10-13(16)5-2/h6-7,9-12,17-18H,4-5,8H2,1-3H3. The Balaban J connectivity index is 2.32. The van der Waals surface area contributed by atoms with Crippen LogP contribution < -0.4 is 10.1 Å². The second kappa shape index (κ2) is 7.74. The molecule has 0 bridgehead atoms. The molecule has 0 aliphatic heterocycles. The summed E-state index contributed by atoms with van der Waals surface area (Å²) in [4.78, 5) is 8.52. The predicted molar refractivity (Wildman–Crippen MR) is 84.5 cm³/mol. The van der Waals surface area contributed by atoms with Gasteiger partial charge in [0.1, 0.15) is 5.75 Å². The molecule has 0 saturated carbocycles. The SMILES string of the molecule is CCCOc1cncc(C(NC)c2ccncc2CC)c1. The molecule has 1 atom stereocenters. The largest absolute Gasteiger partial charge is 0.492 e. The molecule has 0 amide bonds. The summed E-state index contributed by atoms with van der Waals surface area (Å²) in [6.45, 7) is 4.95. The van der Waals surface area contributed by atoms with Crippen LogP contribution in [0.15, 0.2) is 36.9 Å². The number of aromatic nitrogens is 2. The third kappa shape index (κ3) is 3.79. The summed E-state index contributed by atoms with van der Waals surface area (Å²) < 4.78 is 5.68. The van der Waals surface area contributed by atoms with Crippen LogP contribution in [0.3, 0.4) is 0 Å². The van der Waals surface area contributed by atoms with Crippen molar-refractivity contribution in [2.45, 2.75) is 32.7 Å². The van der Waals surface area contributed by atoms with Crippen molar-refractivity contribution in [2.24, 2.45) is 0 Å². The van der Waals surface area contributed by atoms with E-state index in [0.717, 1.165) is 24.2 Å². The van der Waals surface area contributed by atoms with Crippen LogP contribution in [0.1, 0.15) is 43.0 Å². The fourth-order valence-electron chi connectivity index (χ4n) is 2.41. The van der Waals surface area contributed by atoms with Crippen LogP contribution in [0, 0.1) is 0 Å². The van der Waals surface area contributed by atoms with Gasteiger partial charge in [-0.15, -0.1) is 0 Å². The highest BCUT2D eigenvalue weighted by atomic mass is 16.5. The van der Waals surface area contributed by atoms with Crippen LogP contribution in [-0.4, -0.2) is 23.6 Å². The van der Waals surface area contributed by atoms with Crippen molar-refractivity contribution >= 4 is 0 Å². The lowest BCUT2D eigenvalue weighted by molar-refractivity contribution is 0.315. The molecule has 0 aliphatic rings. The summed E-state index contributed by atoms with van der Waals surface area (Å²) in [6, 6.07) is 4.23. The molecule has 2 heterocycles. The van der Waals surface area contributed by atoms with Crippen LogP contribution in [0.5, 0.6) is 5.75 Å². The molecule has 0 radical (unpaired) electrons. The highest BCUT2D eigenvalue weighted by Crippen LogP contribution is 2.26. The Hall–Kier alpha value is -1.94. The minimum absolute atomic E-state index is 0.0978. The molecule has 2 aromatic rings. The third-order valence-corrected chi connectivity index (χ3v) is 3.46. The first-order chi connectivity index (χ1) is 10.3. The lowest BCUT2D eigenvalue weighted by Gasteiger charge is -2.20. The lowest BCUT2D eigenvalue weighted by Crippen LogP contribution is -2.19.